The number of fused-ring (bicyclic) bond motifs is 1. The SMILES string of the molecule is O=C(CSc1ccccc1)NNc1nc2ccc(F)cc2s1. The van der Waals surface area contributed by atoms with Crippen LogP contribution < -0.4 is 10.9 Å². The van der Waals surface area contributed by atoms with Crippen LogP contribution >= 0.6 is 23.1 Å². The number of amides is 1. The molecule has 1 heterocycles. The molecule has 112 valence electrons. The second-order valence-electron chi connectivity index (χ2n) is 4.41. The fourth-order valence-corrected chi connectivity index (χ4v) is 3.34. The highest BCUT2D eigenvalue weighted by Crippen LogP contribution is 2.25. The van der Waals surface area contributed by atoms with E-state index in [9.17, 15) is 9.18 Å². The quantitative estimate of drug-likeness (QED) is 0.552. The van der Waals surface area contributed by atoms with Crippen LogP contribution in [0.3, 0.4) is 0 Å². The first-order valence-electron chi connectivity index (χ1n) is 6.49. The highest BCUT2D eigenvalue weighted by Gasteiger charge is 2.06. The van der Waals surface area contributed by atoms with E-state index in [1.54, 1.807) is 6.07 Å². The van der Waals surface area contributed by atoms with E-state index in [0.29, 0.717) is 16.4 Å². The molecule has 0 spiro atoms. The van der Waals surface area contributed by atoms with Crippen molar-refractivity contribution >= 4 is 44.4 Å². The summed E-state index contributed by atoms with van der Waals surface area (Å²) in [5, 5.41) is 0.527. The van der Waals surface area contributed by atoms with Crippen LogP contribution in [0.2, 0.25) is 0 Å². The number of thioether (sulfide) groups is 1. The molecule has 0 unspecified atom stereocenters. The molecule has 22 heavy (non-hydrogen) atoms. The number of hydrazine groups is 1. The first-order valence-corrected chi connectivity index (χ1v) is 8.30. The number of halogens is 1. The molecule has 0 fully saturated rings. The second kappa shape index (κ2) is 6.76. The van der Waals surface area contributed by atoms with Gasteiger partial charge in [-0.2, -0.15) is 0 Å². The van der Waals surface area contributed by atoms with Gasteiger partial charge in [0.25, 0.3) is 0 Å². The van der Waals surface area contributed by atoms with Crippen molar-refractivity contribution in [3.8, 4) is 0 Å². The normalized spacial score (nSPS) is 10.6. The summed E-state index contributed by atoms with van der Waals surface area (Å²) in [5.41, 5.74) is 6.05. The molecule has 0 saturated carbocycles. The van der Waals surface area contributed by atoms with Crippen molar-refractivity contribution in [2.24, 2.45) is 0 Å². The number of carbonyl (C=O) groups excluding carboxylic acids is 1. The van der Waals surface area contributed by atoms with Gasteiger partial charge in [0.2, 0.25) is 11.0 Å². The number of aromatic nitrogens is 1. The van der Waals surface area contributed by atoms with Gasteiger partial charge in [-0.25, -0.2) is 9.37 Å². The molecule has 3 rings (SSSR count). The lowest BCUT2D eigenvalue weighted by atomic mass is 10.3. The lowest BCUT2D eigenvalue weighted by Crippen LogP contribution is -2.30. The highest BCUT2D eigenvalue weighted by atomic mass is 32.2. The molecule has 0 aliphatic rings. The Bertz CT molecular complexity index is 792. The molecule has 1 aromatic heterocycles. The fraction of sp³-hybridized carbons (Fsp3) is 0.0667. The number of carbonyl (C=O) groups is 1. The van der Waals surface area contributed by atoms with Gasteiger partial charge in [-0.15, -0.1) is 11.8 Å². The van der Waals surface area contributed by atoms with E-state index in [1.807, 2.05) is 30.3 Å². The number of hydrogen-bond acceptors (Lipinski definition) is 5. The van der Waals surface area contributed by atoms with Gasteiger partial charge in [-0.1, -0.05) is 29.5 Å². The monoisotopic (exact) mass is 333 g/mol. The number of rotatable bonds is 5. The Morgan fingerprint density at radius 3 is 2.86 bits per heavy atom. The van der Waals surface area contributed by atoms with E-state index >= 15 is 0 Å². The highest BCUT2D eigenvalue weighted by molar-refractivity contribution is 8.00. The Labute approximate surface area is 134 Å². The summed E-state index contributed by atoms with van der Waals surface area (Å²) < 4.78 is 13.8. The maximum Gasteiger partial charge on any atom is 0.248 e. The van der Waals surface area contributed by atoms with E-state index < -0.39 is 0 Å². The summed E-state index contributed by atoms with van der Waals surface area (Å²) in [6.07, 6.45) is 0. The molecule has 2 N–H and O–H groups in total. The molecule has 0 aliphatic carbocycles. The Kier molecular flexibility index (Phi) is 4.55. The molecule has 0 saturated heterocycles. The molecule has 3 aromatic rings. The van der Waals surface area contributed by atoms with E-state index in [0.717, 1.165) is 9.60 Å². The molecule has 7 heteroatoms. The maximum atomic E-state index is 13.1. The van der Waals surface area contributed by atoms with Crippen molar-refractivity contribution in [2.75, 3.05) is 11.2 Å². The molecular weight excluding hydrogens is 321 g/mol. The summed E-state index contributed by atoms with van der Waals surface area (Å²) in [4.78, 5) is 17.1. The molecule has 0 radical (unpaired) electrons. The van der Waals surface area contributed by atoms with Crippen molar-refractivity contribution in [1.29, 1.82) is 0 Å². The number of nitrogens with one attached hydrogen (secondary N) is 2. The maximum absolute atomic E-state index is 13.1. The second-order valence-corrected chi connectivity index (χ2v) is 6.49. The molecule has 0 bridgehead atoms. The first-order chi connectivity index (χ1) is 10.7. The van der Waals surface area contributed by atoms with E-state index in [1.165, 1.54) is 35.2 Å². The van der Waals surface area contributed by atoms with E-state index in [4.69, 9.17) is 0 Å². The van der Waals surface area contributed by atoms with Gasteiger partial charge >= 0.3 is 0 Å². The molecule has 1 amide bonds. The third-order valence-corrected chi connectivity index (χ3v) is 4.72. The minimum absolute atomic E-state index is 0.153. The van der Waals surface area contributed by atoms with Gasteiger partial charge in [0.1, 0.15) is 5.82 Å². The van der Waals surface area contributed by atoms with Gasteiger partial charge in [0.15, 0.2) is 0 Å². The zero-order chi connectivity index (χ0) is 15.4. The van der Waals surface area contributed by atoms with Gasteiger partial charge in [-0.3, -0.25) is 15.6 Å². The molecule has 2 aromatic carbocycles. The van der Waals surface area contributed by atoms with Crippen molar-refractivity contribution in [3.63, 3.8) is 0 Å². The minimum atomic E-state index is -0.300. The predicted octanol–water partition coefficient (Wildman–Crippen LogP) is 3.67. The zero-order valence-corrected chi connectivity index (χ0v) is 13.0. The molecule has 0 aliphatic heterocycles. The summed E-state index contributed by atoms with van der Waals surface area (Å²) >= 11 is 2.74. The topological polar surface area (TPSA) is 54.0 Å². The lowest BCUT2D eigenvalue weighted by molar-refractivity contribution is -0.118. The molecular formula is C15H12FN3OS2. The summed E-state index contributed by atoms with van der Waals surface area (Å²) in [7, 11) is 0. The zero-order valence-electron chi connectivity index (χ0n) is 11.4. The van der Waals surface area contributed by atoms with E-state index in [-0.39, 0.29) is 11.7 Å². The smallest absolute Gasteiger partial charge is 0.248 e. The van der Waals surface area contributed by atoms with Crippen molar-refractivity contribution in [3.05, 3.63) is 54.3 Å². The summed E-state index contributed by atoms with van der Waals surface area (Å²) in [6, 6.07) is 14.1. The number of benzene rings is 2. The predicted molar refractivity (Wildman–Crippen MR) is 88.5 cm³/mol. The van der Waals surface area contributed by atoms with Crippen LogP contribution in [0.15, 0.2) is 53.4 Å². The standard InChI is InChI=1S/C15H12FN3OS2/c16-10-6-7-12-13(8-10)22-15(17-12)19-18-14(20)9-21-11-4-2-1-3-5-11/h1-8H,9H2,(H,17,19)(H,18,20). The minimum Gasteiger partial charge on any atom is -0.273 e. The number of nitrogens with zero attached hydrogens (tertiary/aromatic N) is 1. The Balaban J connectivity index is 1.53. The largest absolute Gasteiger partial charge is 0.273 e. The Hall–Kier alpha value is -2.12. The van der Waals surface area contributed by atoms with Gasteiger partial charge < -0.3 is 0 Å². The van der Waals surface area contributed by atoms with Crippen LogP contribution in [-0.4, -0.2) is 16.6 Å². The third kappa shape index (κ3) is 3.75. The molecule has 0 atom stereocenters. The van der Waals surface area contributed by atoms with Crippen LogP contribution in [0.1, 0.15) is 0 Å². The van der Waals surface area contributed by atoms with E-state index in [2.05, 4.69) is 15.8 Å². The Morgan fingerprint density at radius 2 is 2.05 bits per heavy atom. The van der Waals surface area contributed by atoms with Gasteiger partial charge in [0.05, 0.1) is 16.0 Å². The summed E-state index contributed by atoms with van der Waals surface area (Å²) in [6.45, 7) is 0. The van der Waals surface area contributed by atoms with Crippen LogP contribution in [0, 0.1) is 5.82 Å². The van der Waals surface area contributed by atoms with Crippen LogP contribution in [0.25, 0.3) is 10.2 Å². The van der Waals surface area contributed by atoms with Crippen molar-refractivity contribution in [2.45, 2.75) is 4.90 Å². The average Bonchev–Trinajstić information content (AvgIpc) is 2.94. The third-order valence-electron chi connectivity index (χ3n) is 2.77. The number of anilines is 1. The Morgan fingerprint density at radius 1 is 1.23 bits per heavy atom. The van der Waals surface area contributed by atoms with Crippen LogP contribution in [0.5, 0.6) is 0 Å². The van der Waals surface area contributed by atoms with Gasteiger partial charge in [-0.05, 0) is 30.3 Å². The fourth-order valence-electron chi connectivity index (χ4n) is 1.78. The van der Waals surface area contributed by atoms with Gasteiger partial charge in [0, 0.05) is 4.90 Å². The first kappa shape index (κ1) is 14.8. The number of thiazole rings is 1. The molecule has 4 nitrogen and oxygen atoms in total. The van der Waals surface area contributed by atoms with Crippen LogP contribution in [-0.2, 0) is 4.79 Å². The van der Waals surface area contributed by atoms with Crippen molar-refractivity contribution in [1.82, 2.24) is 10.4 Å². The number of hydrogen-bond donors (Lipinski definition) is 2. The van der Waals surface area contributed by atoms with Crippen LogP contribution in [0.4, 0.5) is 9.52 Å². The average molecular weight is 333 g/mol. The summed E-state index contributed by atoms with van der Waals surface area (Å²) in [5.74, 6) is -0.151. The lowest BCUT2D eigenvalue weighted by Gasteiger charge is -2.05. The van der Waals surface area contributed by atoms with Crippen molar-refractivity contribution < 1.29 is 9.18 Å².